The number of alkyl halides is 3. The van der Waals surface area contributed by atoms with Crippen molar-refractivity contribution in [3.63, 3.8) is 0 Å². The lowest BCUT2D eigenvalue weighted by atomic mass is 10.2. The van der Waals surface area contributed by atoms with Gasteiger partial charge in [0.15, 0.2) is 5.65 Å². The molecule has 2 rings (SSSR count). The van der Waals surface area contributed by atoms with E-state index in [2.05, 4.69) is 24.6 Å². The molecular formula is C14H17ClF3N3O3Si. The number of rotatable bonds is 6. The summed E-state index contributed by atoms with van der Waals surface area (Å²) >= 11 is 5.74. The van der Waals surface area contributed by atoms with E-state index in [4.69, 9.17) is 16.3 Å². The average molecular weight is 396 g/mol. The molecule has 2 aromatic rings. The van der Waals surface area contributed by atoms with Gasteiger partial charge in [-0.3, -0.25) is 10.1 Å². The number of hydrogen-bond donors (Lipinski definition) is 0. The Balaban J connectivity index is 2.46. The molecule has 0 bridgehead atoms. The number of halogens is 4. The fraction of sp³-hybridized carbons (Fsp3) is 0.500. The standard InChI is InChI=1S/C14H17ClF3N3O3Si/c1-25(2,3)5-4-24-8-20-7-9(14(16,17)18)12-10(21(22)23)6-11(15)19-13(12)20/h6-7H,4-5,8H2,1-3H3. The van der Waals surface area contributed by atoms with Gasteiger partial charge in [0.25, 0.3) is 5.69 Å². The molecule has 0 aliphatic carbocycles. The third-order valence-electron chi connectivity index (χ3n) is 3.50. The van der Waals surface area contributed by atoms with E-state index in [1.54, 1.807) is 0 Å². The van der Waals surface area contributed by atoms with Crippen molar-refractivity contribution in [2.24, 2.45) is 0 Å². The number of nitro groups is 1. The number of nitrogens with zero attached hydrogens (tertiary/aromatic N) is 3. The fourth-order valence-electron chi connectivity index (χ4n) is 2.24. The zero-order valence-electron chi connectivity index (χ0n) is 13.9. The van der Waals surface area contributed by atoms with E-state index < -0.39 is 35.8 Å². The Morgan fingerprint density at radius 2 is 2.04 bits per heavy atom. The summed E-state index contributed by atoms with van der Waals surface area (Å²) in [6, 6.07) is 1.65. The highest BCUT2D eigenvalue weighted by atomic mass is 35.5. The van der Waals surface area contributed by atoms with E-state index in [-0.39, 0.29) is 17.5 Å². The Morgan fingerprint density at radius 1 is 1.40 bits per heavy atom. The van der Waals surface area contributed by atoms with E-state index in [0.29, 0.717) is 6.61 Å². The normalized spacial score (nSPS) is 12.8. The third kappa shape index (κ3) is 4.70. The molecule has 0 saturated carbocycles. The van der Waals surface area contributed by atoms with Gasteiger partial charge in [-0.25, -0.2) is 4.98 Å². The van der Waals surface area contributed by atoms with Crippen molar-refractivity contribution in [2.45, 2.75) is 38.6 Å². The quantitative estimate of drug-likeness (QED) is 0.228. The molecule has 0 N–H and O–H groups in total. The summed E-state index contributed by atoms with van der Waals surface area (Å²) < 4.78 is 46.4. The van der Waals surface area contributed by atoms with Crippen LogP contribution in [0.1, 0.15) is 5.56 Å². The van der Waals surface area contributed by atoms with Gasteiger partial charge in [-0.15, -0.1) is 0 Å². The molecule has 2 aromatic heterocycles. The van der Waals surface area contributed by atoms with Gasteiger partial charge in [0.1, 0.15) is 17.3 Å². The smallest absolute Gasteiger partial charge is 0.361 e. The Morgan fingerprint density at radius 3 is 2.56 bits per heavy atom. The van der Waals surface area contributed by atoms with E-state index in [1.165, 1.54) is 0 Å². The molecule has 0 aliphatic heterocycles. The molecule has 0 radical (unpaired) electrons. The molecule has 25 heavy (non-hydrogen) atoms. The number of pyridine rings is 1. The van der Waals surface area contributed by atoms with Gasteiger partial charge < -0.3 is 9.30 Å². The van der Waals surface area contributed by atoms with Crippen molar-refractivity contribution in [1.82, 2.24) is 9.55 Å². The molecule has 11 heteroatoms. The third-order valence-corrected chi connectivity index (χ3v) is 5.40. The highest BCUT2D eigenvalue weighted by molar-refractivity contribution is 6.76. The first kappa shape index (κ1) is 19.7. The van der Waals surface area contributed by atoms with Gasteiger partial charge in [-0.1, -0.05) is 31.2 Å². The van der Waals surface area contributed by atoms with Crippen molar-refractivity contribution in [3.8, 4) is 0 Å². The molecule has 6 nitrogen and oxygen atoms in total. The average Bonchev–Trinajstić information content (AvgIpc) is 2.80. The monoisotopic (exact) mass is 395 g/mol. The molecule has 0 spiro atoms. The van der Waals surface area contributed by atoms with Crippen molar-refractivity contribution < 1.29 is 22.8 Å². The van der Waals surface area contributed by atoms with Crippen LogP contribution in [0.3, 0.4) is 0 Å². The van der Waals surface area contributed by atoms with Crippen molar-refractivity contribution in [3.05, 3.63) is 33.1 Å². The van der Waals surface area contributed by atoms with Gasteiger partial charge in [0, 0.05) is 20.9 Å². The Kier molecular flexibility index (Phi) is 5.45. The molecular weight excluding hydrogens is 379 g/mol. The van der Waals surface area contributed by atoms with E-state index in [9.17, 15) is 23.3 Å². The van der Waals surface area contributed by atoms with Crippen LogP contribution >= 0.6 is 11.6 Å². The number of ether oxygens (including phenoxy) is 1. The van der Waals surface area contributed by atoms with Crippen LogP contribution < -0.4 is 0 Å². The maximum Gasteiger partial charge on any atom is 0.418 e. The molecule has 0 fully saturated rings. The maximum atomic E-state index is 13.3. The highest BCUT2D eigenvalue weighted by Gasteiger charge is 2.38. The minimum atomic E-state index is -4.76. The Hall–Kier alpha value is -1.65. The van der Waals surface area contributed by atoms with Crippen molar-refractivity contribution >= 4 is 36.4 Å². The van der Waals surface area contributed by atoms with Crippen LogP contribution in [-0.4, -0.2) is 29.2 Å². The summed E-state index contributed by atoms with van der Waals surface area (Å²) in [5.41, 5.74) is -2.09. The predicted octanol–water partition coefficient (Wildman–Crippen LogP) is 4.93. The van der Waals surface area contributed by atoms with Gasteiger partial charge >= 0.3 is 6.18 Å². The number of hydrogen-bond acceptors (Lipinski definition) is 4. The zero-order chi connectivity index (χ0) is 19.0. The number of fused-ring (bicyclic) bond motifs is 1. The van der Waals surface area contributed by atoms with Gasteiger partial charge in [-0.2, -0.15) is 13.2 Å². The van der Waals surface area contributed by atoms with Gasteiger partial charge in [-0.05, 0) is 6.04 Å². The van der Waals surface area contributed by atoms with Crippen LogP contribution in [0.15, 0.2) is 12.3 Å². The van der Waals surface area contributed by atoms with E-state index in [1.807, 2.05) is 0 Å². The largest absolute Gasteiger partial charge is 0.418 e. The molecule has 0 atom stereocenters. The zero-order valence-corrected chi connectivity index (χ0v) is 15.6. The van der Waals surface area contributed by atoms with Crippen LogP contribution in [-0.2, 0) is 17.6 Å². The minimum Gasteiger partial charge on any atom is -0.361 e. The predicted molar refractivity (Wildman–Crippen MR) is 90.5 cm³/mol. The highest BCUT2D eigenvalue weighted by Crippen LogP contribution is 2.40. The molecule has 0 amide bonds. The van der Waals surface area contributed by atoms with Crippen LogP contribution in [0.5, 0.6) is 0 Å². The summed E-state index contributed by atoms with van der Waals surface area (Å²) in [5, 5.41) is 10.3. The SMILES string of the molecule is C[Si](C)(C)CCOCn1cc(C(F)(F)F)c2c([N+](=O)[O-])cc(Cl)nc21. The second-order valence-electron chi connectivity index (χ2n) is 6.78. The van der Waals surface area contributed by atoms with Crippen LogP contribution in [0.4, 0.5) is 18.9 Å². The van der Waals surface area contributed by atoms with Crippen LogP contribution in [0.2, 0.25) is 30.8 Å². The first-order valence-electron chi connectivity index (χ1n) is 7.39. The summed E-state index contributed by atoms with van der Waals surface area (Å²) in [7, 11) is -1.35. The van der Waals surface area contributed by atoms with Gasteiger partial charge in [0.05, 0.1) is 16.6 Å². The number of aromatic nitrogens is 2. The minimum absolute atomic E-state index is 0.193. The maximum absolute atomic E-state index is 13.3. The second kappa shape index (κ2) is 6.93. The molecule has 0 aromatic carbocycles. The van der Waals surface area contributed by atoms with E-state index in [0.717, 1.165) is 22.9 Å². The lowest BCUT2D eigenvalue weighted by molar-refractivity contribution is -0.383. The van der Waals surface area contributed by atoms with Crippen LogP contribution in [0.25, 0.3) is 11.0 Å². The first-order chi connectivity index (χ1) is 11.4. The van der Waals surface area contributed by atoms with Crippen molar-refractivity contribution in [1.29, 1.82) is 0 Å². The lowest BCUT2D eigenvalue weighted by Crippen LogP contribution is -2.22. The lowest BCUT2D eigenvalue weighted by Gasteiger charge is -2.15. The summed E-state index contributed by atoms with van der Waals surface area (Å²) in [5.74, 6) is 0. The first-order valence-corrected chi connectivity index (χ1v) is 11.5. The Bertz CT molecular complexity index is 802. The molecule has 138 valence electrons. The molecule has 0 unspecified atom stereocenters. The summed E-state index contributed by atoms with van der Waals surface area (Å²) in [6.45, 7) is 6.64. The molecule has 0 aliphatic rings. The summed E-state index contributed by atoms with van der Waals surface area (Å²) in [4.78, 5) is 14.1. The topological polar surface area (TPSA) is 70.2 Å². The molecule has 0 saturated heterocycles. The summed E-state index contributed by atoms with van der Waals surface area (Å²) in [6.07, 6.45) is -3.99. The fourth-order valence-corrected chi connectivity index (χ4v) is 3.18. The van der Waals surface area contributed by atoms with Crippen molar-refractivity contribution in [2.75, 3.05) is 6.61 Å². The molecule has 2 heterocycles. The van der Waals surface area contributed by atoms with Gasteiger partial charge in [0.2, 0.25) is 0 Å². The Labute approximate surface area is 147 Å². The second-order valence-corrected chi connectivity index (χ2v) is 12.8. The van der Waals surface area contributed by atoms with E-state index >= 15 is 0 Å². The van der Waals surface area contributed by atoms with Crippen LogP contribution in [0, 0.1) is 10.1 Å².